The number of hydrogen-bond acceptors (Lipinski definition) is 4. The number of hydrogen-bond donors (Lipinski definition) is 1. The van der Waals surface area contributed by atoms with Crippen molar-refractivity contribution in [2.45, 2.75) is 58.5 Å². The maximum atomic E-state index is 10.8. The molecule has 0 aromatic heterocycles. The molecule has 1 aliphatic heterocycles. The SMILES string of the molecule is CN(C)CCO[C@]1(c2ccccc2)C[C@H]2CC[C@]1(C)C2(C)C.NC(=O)CN1CCCC1=O. The Morgan fingerprint density at radius 2 is 1.91 bits per heavy atom. The summed E-state index contributed by atoms with van der Waals surface area (Å²) in [4.78, 5) is 24.9. The Balaban J connectivity index is 0.000000243. The molecule has 2 saturated carbocycles. The van der Waals surface area contributed by atoms with Crippen LogP contribution in [0.15, 0.2) is 30.3 Å². The fraction of sp³-hybridized carbons (Fsp3) is 0.692. The number of fused-ring (bicyclic) bond motifs is 2. The van der Waals surface area contributed by atoms with Gasteiger partial charge in [0.25, 0.3) is 0 Å². The van der Waals surface area contributed by atoms with Gasteiger partial charge in [-0.2, -0.15) is 0 Å². The van der Waals surface area contributed by atoms with Crippen molar-refractivity contribution in [2.75, 3.05) is 40.3 Å². The topological polar surface area (TPSA) is 75.9 Å². The summed E-state index contributed by atoms with van der Waals surface area (Å²) in [6.45, 7) is 9.95. The lowest BCUT2D eigenvalue weighted by Gasteiger charge is -2.49. The molecule has 0 radical (unpaired) electrons. The number of primary amides is 1. The molecule has 0 unspecified atom stereocenters. The number of likely N-dealkylation sites (tertiary alicyclic amines) is 1. The van der Waals surface area contributed by atoms with E-state index < -0.39 is 5.91 Å². The zero-order valence-corrected chi connectivity index (χ0v) is 20.5. The van der Waals surface area contributed by atoms with Crippen LogP contribution in [0, 0.1) is 16.7 Å². The maximum Gasteiger partial charge on any atom is 0.237 e. The molecule has 1 saturated heterocycles. The van der Waals surface area contributed by atoms with Gasteiger partial charge in [-0.25, -0.2) is 0 Å². The number of amides is 2. The van der Waals surface area contributed by atoms with Crippen LogP contribution < -0.4 is 5.73 Å². The summed E-state index contributed by atoms with van der Waals surface area (Å²) in [7, 11) is 4.23. The number of nitrogens with two attached hydrogens (primary N) is 1. The fourth-order valence-electron chi connectivity index (χ4n) is 6.16. The minimum Gasteiger partial charge on any atom is -0.368 e. The molecule has 4 rings (SSSR count). The maximum absolute atomic E-state index is 10.8. The summed E-state index contributed by atoms with van der Waals surface area (Å²) < 4.78 is 6.72. The molecule has 6 nitrogen and oxygen atoms in total. The van der Waals surface area contributed by atoms with Crippen LogP contribution in [-0.2, 0) is 19.9 Å². The van der Waals surface area contributed by atoms with Crippen molar-refractivity contribution in [3.05, 3.63) is 35.9 Å². The highest BCUT2D eigenvalue weighted by molar-refractivity contribution is 5.84. The molecule has 1 heterocycles. The van der Waals surface area contributed by atoms with Gasteiger partial charge >= 0.3 is 0 Å². The van der Waals surface area contributed by atoms with E-state index in [-0.39, 0.29) is 23.5 Å². The van der Waals surface area contributed by atoms with E-state index in [0.717, 1.165) is 25.5 Å². The van der Waals surface area contributed by atoms with Crippen LogP contribution in [0.3, 0.4) is 0 Å². The summed E-state index contributed by atoms with van der Waals surface area (Å²) in [6.07, 6.45) is 5.23. The molecule has 3 aliphatic rings. The van der Waals surface area contributed by atoms with Gasteiger partial charge in [0, 0.05) is 24.9 Å². The Hall–Kier alpha value is -1.92. The summed E-state index contributed by atoms with van der Waals surface area (Å²) in [6, 6.07) is 11.0. The molecule has 178 valence electrons. The van der Waals surface area contributed by atoms with Gasteiger partial charge in [-0.15, -0.1) is 0 Å². The Morgan fingerprint density at radius 3 is 2.38 bits per heavy atom. The second kappa shape index (κ2) is 9.52. The lowest BCUT2D eigenvalue weighted by atomic mass is 9.62. The number of benzene rings is 1. The molecule has 1 aromatic carbocycles. The fourth-order valence-corrected chi connectivity index (χ4v) is 6.16. The van der Waals surface area contributed by atoms with E-state index in [0.29, 0.717) is 18.4 Å². The molecule has 32 heavy (non-hydrogen) atoms. The Kier molecular flexibility index (Phi) is 7.35. The molecule has 2 N–H and O–H groups in total. The van der Waals surface area contributed by atoms with Crippen LogP contribution in [0.2, 0.25) is 0 Å². The van der Waals surface area contributed by atoms with E-state index in [2.05, 4.69) is 70.1 Å². The van der Waals surface area contributed by atoms with Crippen LogP contribution in [0.25, 0.3) is 0 Å². The largest absolute Gasteiger partial charge is 0.368 e. The number of ether oxygens (including phenoxy) is 1. The Bertz CT molecular complexity index is 810. The normalized spacial score (nSPS) is 30.5. The summed E-state index contributed by atoms with van der Waals surface area (Å²) >= 11 is 0. The van der Waals surface area contributed by atoms with Gasteiger partial charge in [0.15, 0.2) is 0 Å². The number of nitrogens with zero attached hydrogens (tertiary/aromatic N) is 2. The third-order valence-electron chi connectivity index (χ3n) is 8.51. The Morgan fingerprint density at radius 1 is 1.22 bits per heavy atom. The molecule has 0 spiro atoms. The molecular formula is C26H41N3O3. The van der Waals surface area contributed by atoms with E-state index in [1.807, 2.05) is 0 Å². The van der Waals surface area contributed by atoms with Gasteiger partial charge in [0.2, 0.25) is 11.8 Å². The lowest BCUT2D eigenvalue weighted by molar-refractivity contribution is -0.148. The predicted octanol–water partition coefficient (Wildman–Crippen LogP) is 3.40. The van der Waals surface area contributed by atoms with Crippen LogP contribution >= 0.6 is 0 Å². The number of rotatable bonds is 7. The minimum atomic E-state index is -0.435. The molecule has 2 bridgehead atoms. The quantitative estimate of drug-likeness (QED) is 0.701. The molecule has 3 atom stereocenters. The van der Waals surface area contributed by atoms with Crippen LogP contribution in [0.1, 0.15) is 58.4 Å². The first-order chi connectivity index (χ1) is 15.0. The molecule has 1 aromatic rings. The summed E-state index contributed by atoms with van der Waals surface area (Å²) in [5, 5.41) is 0. The van der Waals surface area contributed by atoms with E-state index in [1.54, 1.807) is 0 Å². The van der Waals surface area contributed by atoms with Crippen molar-refractivity contribution < 1.29 is 14.3 Å². The molecular weight excluding hydrogens is 402 g/mol. The van der Waals surface area contributed by atoms with E-state index in [9.17, 15) is 9.59 Å². The zero-order chi connectivity index (χ0) is 23.6. The van der Waals surface area contributed by atoms with Gasteiger partial charge in [0.05, 0.1) is 18.8 Å². The summed E-state index contributed by atoms with van der Waals surface area (Å²) in [5.41, 5.74) is 6.74. The monoisotopic (exact) mass is 443 g/mol. The van der Waals surface area contributed by atoms with Gasteiger partial charge in [-0.05, 0) is 56.7 Å². The van der Waals surface area contributed by atoms with Gasteiger partial charge in [0.1, 0.15) is 0 Å². The second-order valence-corrected chi connectivity index (χ2v) is 10.7. The van der Waals surface area contributed by atoms with Crippen LogP contribution in [0.5, 0.6) is 0 Å². The summed E-state index contributed by atoms with van der Waals surface area (Å²) in [5.74, 6) is 0.381. The van der Waals surface area contributed by atoms with E-state index in [4.69, 9.17) is 10.5 Å². The van der Waals surface area contributed by atoms with Gasteiger partial charge < -0.3 is 20.3 Å². The number of likely N-dealkylation sites (N-methyl/N-ethyl adjacent to an activating group) is 1. The van der Waals surface area contributed by atoms with Gasteiger partial charge in [-0.1, -0.05) is 51.1 Å². The van der Waals surface area contributed by atoms with Crippen molar-refractivity contribution in [3.63, 3.8) is 0 Å². The van der Waals surface area contributed by atoms with Crippen molar-refractivity contribution in [1.82, 2.24) is 9.80 Å². The minimum absolute atomic E-state index is 0.0406. The molecule has 6 heteroatoms. The zero-order valence-electron chi connectivity index (χ0n) is 20.5. The van der Waals surface area contributed by atoms with Crippen LogP contribution in [-0.4, -0.2) is 62.0 Å². The van der Waals surface area contributed by atoms with Crippen molar-refractivity contribution in [1.29, 1.82) is 0 Å². The molecule has 2 amide bonds. The first-order valence-corrected chi connectivity index (χ1v) is 11.9. The molecule has 3 fully saturated rings. The van der Waals surface area contributed by atoms with Gasteiger partial charge in [-0.3, -0.25) is 9.59 Å². The average molecular weight is 444 g/mol. The standard InChI is InChI=1S/C20H31NO.C6H10N2O2/c1-18(2)17-11-12-19(18,3)20(15-17,22-14-13-21(4)5)16-9-7-6-8-10-16;7-5(9)4-8-3-1-2-6(8)10/h6-10,17H,11-15H2,1-5H3;1-4H2,(H2,7,9)/t17-,19-,20+;/m1./s1. The second-order valence-electron chi connectivity index (χ2n) is 10.7. The lowest BCUT2D eigenvalue weighted by Crippen LogP contribution is -2.47. The highest BCUT2D eigenvalue weighted by Crippen LogP contribution is 2.73. The number of carbonyl (C=O) groups is 2. The van der Waals surface area contributed by atoms with Crippen molar-refractivity contribution >= 4 is 11.8 Å². The number of carbonyl (C=O) groups excluding carboxylic acids is 2. The van der Waals surface area contributed by atoms with Crippen LogP contribution in [0.4, 0.5) is 0 Å². The first kappa shape index (κ1) is 24.7. The predicted molar refractivity (Wildman–Crippen MR) is 127 cm³/mol. The smallest absolute Gasteiger partial charge is 0.237 e. The van der Waals surface area contributed by atoms with E-state index >= 15 is 0 Å². The van der Waals surface area contributed by atoms with E-state index in [1.165, 1.54) is 29.7 Å². The average Bonchev–Trinajstić information content (AvgIpc) is 3.28. The third-order valence-corrected chi connectivity index (χ3v) is 8.51. The van der Waals surface area contributed by atoms with Crippen molar-refractivity contribution in [3.8, 4) is 0 Å². The highest BCUT2D eigenvalue weighted by Gasteiger charge is 2.69. The molecule has 2 aliphatic carbocycles. The first-order valence-electron chi connectivity index (χ1n) is 11.9. The Labute approximate surface area is 193 Å². The van der Waals surface area contributed by atoms with Crippen molar-refractivity contribution in [2.24, 2.45) is 22.5 Å². The third kappa shape index (κ3) is 4.44. The highest BCUT2D eigenvalue weighted by atomic mass is 16.5.